The summed E-state index contributed by atoms with van der Waals surface area (Å²) in [6.07, 6.45) is 0.474. The van der Waals surface area contributed by atoms with E-state index in [2.05, 4.69) is 20.1 Å². The van der Waals surface area contributed by atoms with Crippen molar-refractivity contribution in [3.8, 4) is 5.88 Å². The highest BCUT2D eigenvalue weighted by Gasteiger charge is 2.18. The molecule has 0 aliphatic carbocycles. The molecule has 7 nitrogen and oxygen atoms in total. The van der Waals surface area contributed by atoms with Gasteiger partial charge in [0.15, 0.2) is 0 Å². The van der Waals surface area contributed by atoms with Crippen LogP contribution in [-0.2, 0) is 4.79 Å². The number of benzene rings is 1. The molecule has 0 atom stereocenters. The maximum absolute atomic E-state index is 12.1. The molecule has 0 unspecified atom stereocenters. The number of nitrogen functional groups attached to an aromatic ring is 1. The Morgan fingerprint density at radius 3 is 2.58 bits per heavy atom. The highest BCUT2D eigenvalue weighted by molar-refractivity contribution is 5.90. The number of hydrogen-bond donors (Lipinski definition) is 2. The average molecular weight is 355 g/mol. The summed E-state index contributed by atoms with van der Waals surface area (Å²) in [6, 6.07) is 13.0. The summed E-state index contributed by atoms with van der Waals surface area (Å²) < 4.78 is 5.19. The molecule has 0 spiro atoms. The summed E-state index contributed by atoms with van der Waals surface area (Å²) in [5.41, 5.74) is 7.11. The van der Waals surface area contributed by atoms with E-state index < -0.39 is 0 Å². The van der Waals surface area contributed by atoms with Gasteiger partial charge >= 0.3 is 0 Å². The Bertz CT molecular complexity index is 727. The Hall–Kier alpha value is -2.80. The quantitative estimate of drug-likeness (QED) is 0.769. The van der Waals surface area contributed by atoms with Gasteiger partial charge in [0.2, 0.25) is 11.8 Å². The molecule has 1 aromatic heterocycles. The normalized spacial score (nSPS) is 14.9. The molecule has 1 saturated heterocycles. The number of ether oxygens (including phenoxy) is 1. The minimum atomic E-state index is 0.0201. The van der Waals surface area contributed by atoms with Crippen molar-refractivity contribution in [1.29, 1.82) is 0 Å². The fourth-order valence-electron chi connectivity index (χ4n) is 2.94. The van der Waals surface area contributed by atoms with E-state index in [1.54, 1.807) is 19.2 Å². The molecule has 2 heterocycles. The van der Waals surface area contributed by atoms with Crippen molar-refractivity contribution in [2.24, 2.45) is 0 Å². The topological polar surface area (TPSA) is 83.7 Å². The fourth-order valence-corrected chi connectivity index (χ4v) is 2.94. The summed E-state index contributed by atoms with van der Waals surface area (Å²) in [7, 11) is 1.62. The summed E-state index contributed by atoms with van der Waals surface area (Å²) in [6.45, 7) is 4.35. The van der Waals surface area contributed by atoms with E-state index in [-0.39, 0.29) is 5.91 Å². The van der Waals surface area contributed by atoms with Crippen LogP contribution in [0.2, 0.25) is 0 Å². The number of carbonyl (C=O) groups excluding carboxylic acids is 1. The van der Waals surface area contributed by atoms with Gasteiger partial charge in [0, 0.05) is 56.6 Å². The number of aromatic nitrogens is 1. The molecule has 26 heavy (non-hydrogen) atoms. The summed E-state index contributed by atoms with van der Waals surface area (Å²) in [5.74, 6) is 1.58. The maximum Gasteiger partial charge on any atom is 0.225 e. The maximum atomic E-state index is 12.1. The Balaban J connectivity index is 1.42. The molecule has 0 radical (unpaired) electrons. The minimum absolute atomic E-state index is 0.0201. The number of amides is 1. The molecular formula is C19H25N5O2. The summed E-state index contributed by atoms with van der Waals surface area (Å²) in [5, 5.41) is 2.90. The number of carbonyl (C=O) groups is 1. The first-order valence-corrected chi connectivity index (χ1v) is 8.78. The fraction of sp³-hybridized carbons (Fsp3) is 0.368. The van der Waals surface area contributed by atoms with Crippen molar-refractivity contribution in [1.82, 2.24) is 9.88 Å². The van der Waals surface area contributed by atoms with Crippen LogP contribution in [-0.4, -0.2) is 55.6 Å². The minimum Gasteiger partial charge on any atom is -0.481 e. The number of methoxy groups -OCH3 is 1. The Morgan fingerprint density at radius 2 is 1.88 bits per heavy atom. The molecule has 1 aliphatic heterocycles. The number of pyridine rings is 1. The van der Waals surface area contributed by atoms with Crippen LogP contribution in [0.5, 0.6) is 5.88 Å². The van der Waals surface area contributed by atoms with Gasteiger partial charge in [-0.1, -0.05) is 6.07 Å². The number of nitrogens with zero attached hydrogens (tertiary/aromatic N) is 3. The predicted octanol–water partition coefficient (Wildman–Crippen LogP) is 1.82. The lowest BCUT2D eigenvalue weighted by molar-refractivity contribution is -0.116. The van der Waals surface area contributed by atoms with E-state index >= 15 is 0 Å². The van der Waals surface area contributed by atoms with Crippen LogP contribution in [0.4, 0.5) is 17.2 Å². The Labute approximate surface area is 153 Å². The lowest BCUT2D eigenvalue weighted by Crippen LogP contribution is -2.47. The van der Waals surface area contributed by atoms with Crippen LogP contribution in [0.1, 0.15) is 6.42 Å². The monoisotopic (exact) mass is 355 g/mol. The Kier molecular flexibility index (Phi) is 5.91. The number of rotatable bonds is 6. The van der Waals surface area contributed by atoms with Gasteiger partial charge < -0.3 is 20.7 Å². The molecule has 3 rings (SSSR count). The van der Waals surface area contributed by atoms with E-state index in [4.69, 9.17) is 10.5 Å². The summed E-state index contributed by atoms with van der Waals surface area (Å²) >= 11 is 0. The van der Waals surface area contributed by atoms with Gasteiger partial charge in [0.1, 0.15) is 5.82 Å². The molecule has 138 valence electrons. The second-order valence-corrected chi connectivity index (χ2v) is 6.29. The van der Waals surface area contributed by atoms with Gasteiger partial charge in [0.25, 0.3) is 0 Å². The first kappa shape index (κ1) is 18.0. The van der Waals surface area contributed by atoms with Crippen molar-refractivity contribution in [2.45, 2.75) is 6.42 Å². The van der Waals surface area contributed by atoms with E-state index in [9.17, 15) is 4.79 Å². The van der Waals surface area contributed by atoms with Crippen molar-refractivity contribution >= 4 is 23.1 Å². The Morgan fingerprint density at radius 1 is 1.15 bits per heavy atom. The SMILES string of the molecule is COc1cccc(N2CCN(CCC(=O)Nc3ccc(N)cc3)CC2)n1. The zero-order valence-electron chi connectivity index (χ0n) is 15.0. The highest BCUT2D eigenvalue weighted by Crippen LogP contribution is 2.17. The van der Waals surface area contributed by atoms with E-state index in [1.165, 1.54) is 0 Å². The van der Waals surface area contributed by atoms with E-state index in [0.717, 1.165) is 44.2 Å². The number of nitrogens with two attached hydrogens (primary N) is 1. The second-order valence-electron chi connectivity index (χ2n) is 6.29. The molecule has 1 fully saturated rings. The number of anilines is 3. The van der Waals surface area contributed by atoms with Crippen LogP contribution in [0, 0.1) is 0 Å². The van der Waals surface area contributed by atoms with E-state index in [1.807, 2.05) is 30.3 Å². The summed E-state index contributed by atoms with van der Waals surface area (Å²) in [4.78, 5) is 21.1. The van der Waals surface area contributed by atoms with Crippen LogP contribution in [0.25, 0.3) is 0 Å². The van der Waals surface area contributed by atoms with Crippen LogP contribution >= 0.6 is 0 Å². The molecular weight excluding hydrogens is 330 g/mol. The van der Waals surface area contributed by atoms with Gasteiger partial charge in [-0.05, 0) is 30.3 Å². The number of piperazine rings is 1. The van der Waals surface area contributed by atoms with Gasteiger partial charge in [-0.25, -0.2) is 0 Å². The zero-order valence-corrected chi connectivity index (χ0v) is 15.0. The van der Waals surface area contributed by atoms with Gasteiger partial charge in [-0.3, -0.25) is 9.69 Å². The van der Waals surface area contributed by atoms with Crippen molar-refractivity contribution in [3.05, 3.63) is 42.5 Å². The zero-order chi connectivity index (χ0) is 18.4. The molecule has 1 aliphatic rings. The number of hydrogen-bond acceptors (Lipinski definition) is 6. The molecule has 2 aromatic rings. The van der Waals surface area contributed by atoms with Crippen molar-refractivity contribution in [2.75, 3.05) is 55.8 Å². The second kappa shape index (κ2) is 8.53. The van der Waals surface area contributed by atoms with Crippen LogP contribution in [0.15, 0.2) is 42.5 Å². The first-order valence-electron chi connectivity index (χ1n) is 8.78. The number of nitrogens with one attached hydrogen (secondary N) is 1. The van der Waals surface area contributed by atoms with Gasteiger partial charge in [-0.15, -0.1) is 0 Å². The van der Waals surface area contributed by atoms with Crippen molar-refractivity contribution < 1.29 is 9.53 Å². The standard InChI is InChI=1S/C19H25N5O2/c1-26-19-4-2-3-17(22-19)24-13-11-23(12-14-24)10-9-18(25)21-16-7-5-15(20)6-8-16/h2-8H,9-14,20H2,1H3,(H,21,25). The molecule has 7 heteroatoms. The molecule has 0 bridgehead atoms. The molecule has 1 amide bonds. The predicted molar refractivity (Wildman–Crippen MR) is 104 cm³/mol. The van der Waals surface area contributed by atoms with Crippen LogP contribution < -0.4 is 20.7 Å². The molecule has 0 saturated carbocycles. The third-order valence-electron chi connectivity index (χ3n) is 4.46. The van der Waals surface area contributed by atoms with E-state index in [0.29, 0.717) is 18.0 Å². The van der Waals surface area contributed by atoms with Crippen molar-refractivity contribution in [3.63, 3.8) is 0 Å². The lowest BCUT2D eigenvalue weighted by Gasteiger charge is -2.35. The van der Waals surface area contributed by atoms with Crippen LogP contribution in [0.3, 0.4) is 0 Å². The lowest BCUT2D eigenvalue weighted by atomic mass is 10.2. The highest BCUT2D eigenvalue weighted by atomic mass is 16.5. The molecule has 3 N–H and O–H groups in total. The average Bonchev–Trinajstić information content (AvgIpc) is 2.68. The van der Waals surface area contributed by atoms with Gasteiger partial charge in [-0.2, -0.15) is 4.98 Å². The third-order valence-corrected chi connectivity index (χ3v) is 4.46. The smallest absolute Gasteiger partial charge is 0.225 e. The third kappa shape index (κ3) is 4.86. The van der Waals surface area contributed by atoms with Gasteiger partial charge in [0.05, 0.1) is 7.11 Å². The molecule has 1 aromatic carbocycles. The first-order chi connectivity index (χ1) is 12.6. The largest absolute Gasteiger partial charge is 0.481 e.